The lowest BCUT2D eigenvalue weighted by Crippen LogP contribution is -2.35. The minimum Gasteiger partial charge on any atom is -0.396 e. The number of nitrogen functional groups attached to an aromatic ring is 1. The van der Waals surface area contributed by atoms with E-state index in [0.29, 0.717) is 17.3 Å². The first-order valence-electron chi connectivity index (χ1n) is 7.36. The molecule has 0 amide bonds. The highest BCUT2D eigenvalue weighted by molar-refractivity contribution is 5.74. The summed E-state index contributed by atoms with van der Waals surface area (Å²) in [7, 11) is 0. The maximum Gasteiger partial charge on any atom is 0.101 e. The van der Waals surface area contributed by atoms with E-state index in [0.717, 1.165) is 18.2 Å². The molecular weight excluding hydrogens is 234 g/mol. The Bertz CT molecular complexity index is 497. The number of hydrogen-bond donors (Lipinski definition) is 1. The van der Waals surface area contributed by atoms with Gasteiger partial charge in [0.1, 0.15) is 6.07 Å². The minimum atomic E-state index is 0.606. The highest BCUT2D eigenvalue weighted by Gasteiger charge is 2.34. The maximum atomic E-state index is 9.11. The van der Waals surface area contributed by atoms with Crippen LogP contribution in [0.15, 0.2) is 18.2 Å². The number of nitrogens with zero attached hydrogens (tertiary/aromatic N) is 2. The van der Waals surface area contributed by atoms with Crippen molar-refractivity contribution in [1.82, 2.24) is 0 Å². The zero-order valence-corrected chi connectivity index (χ0v) is 11.3. The zero-order valence-electron chi connectivity index (χ0n) is 11.3. The van der Waals surface area contributed by atoms with E-state index in [1.807, 2.05) is 6.07 Å². The van der Waals surface area contributed by atoms with Gasteiger partial charge in [-0.3, -0.25) is 0 Å². The van der Waals surface area contributed by atoms with Crippen LogP contribution in [0.4, 0.5) is 11.4 Å². The second-order valence-electron chi connectivity index (χ2n) is 5.80. The molecule has 1 heterocycles. The average molecular weight is 255 g/mol. The zero-order chi connectivity index (χ0) is 13.2. The largest absolute Gasteiger partial charge is 0.396 e. The van der Waals surface area contributed by atoms with Crippen molar-refractivity contribution in [2.24, 2.45) is 5.92 Å². The van der Waals surface area contributed by atoms with Gasteiger partial charge < -0.3 is 10.6 Å². The van der Waals surface area contributed by atoms with Gasteiger partial charge in [0.25, 0.3) is 0 Å². The number of nitriles is 1. The molecule has 2 N–H and O–H groups in total. The molecule has 1 unspecified atom stereocenters. The van der Waals surface area contributed by atoms with Crippen molar-refractivity contribution in [2.75, 3.05) is 17.2 Å². The van der Waals surface area contributed by atoms with Gasteiger partial charge in [-0.1, -0.05) is 18.9 Å². The first-order chi connectivity index (χ1) is 9.31. The summed E-state index contributed by atoms with van der Waals surface area (Å²) in [6.07, 6.45) is 8.00. The van der Waals surface area contributed by atoms with Gasteiger partial charge in [0.15, 0.2) is 0 Å². The SMILES string of the molecule is N#Cc1cccc(N2CCCC2C2CCCC2)c1N. The number of hydrogen-bond acceptors (Lipinski definition) is 3. The highest BCUT2D eigenvalue weighted by atomic mass is 15.2. The van der Waals surface area contributed by atoms with Crippen molar-refractivity contribution in [3.8, 4) is 6.07 Å². The van der Waals surface area contributed by atoms with E-state index < -0.39 is 0 Å². The third kappa shape index (κ3) is 2.16. The number of nitrogens with two attached hydrogens (primary N) is 1. The van der Waals surface area contributed by atoms with Crippen LogP contribution >= 0.6 is 0 Å². The van der Waals surface area contributed by atoms with E-state index >= 15 is 0 Å². The Hall–Kier alpha value is -1.69. The molecule has 1 saturated heterocycles. The fraction of sp³-hybridized carbons (Fsp3) is 0.562. The summed E-state index contributed by atoms with van der Waals surface area (Å²) < 4.78 is 0. The highest BCUT2D eigenvalue weighted by Crippen LogP contribution is 2.39. The van der Waals surface area contributed by atoms with Gasteiger partial charge in [-0.2, -0.15) is 5.26 Å². The van der Waals surface area contributed by atoms with Crippen LogP contribution in [-0.4, -0.2) is 12.6 Å². The molecule has 0 spiro atoms. The topological polar surface area (TPSA) is 53.0 Å². The van der Waals surface area contributed by atoms with Crippen LogP contribution in [0.3, 0.4) is 0 Å². The van der Waals surface area contributed by atoms with Crippen molar-refractivity contribution in [2.45, 2.75) is 44.6 Å². The Labute approximate surface area is 115 Å². The smallest absolute Gasteiger partial charge is 0.101 e. The van der Waals surface area contributed by atoms with E-state index in [1.54, 1.807) is 6.07 Å². The van der Waals surface area contributed by atoms with Crippen molar-refractivity contribution in [3.63, 3.8) is 0 Å². The van der Waals surface area contributed by atoms with Crippen LogP contribution in [0.2, 0.25) is 0 Å². The molecule has 2 fully saturated rings. The number of benzene rings is 1. The maximum absolute atomic E-state index is 9.11. The lowest BCUT2D eigenvalue weighted by atomic mass is 9.95. The van der Waals surface area contributed by atoms with E-state index in [1.165, 1.54) is 38.5 Å². The van der Waals surface area contributed by atoms with Crippen LogP contribution in [-0.2, 0) is 0 Å². The van der Waals surface area contributed by atoms with Crippen molar-refractivity contribution >= 4 is 11.4 Å². The van der Waals surface area contributed by atoms with E-state index in [-0.39, 0.29) is 0 Å². The molecule has 3 nitrogen and oxygen atoms in total. The van der Waals surface area contributed by atoms with E-state index in [9.17, 15) is 0 Å². The third-order valence-corrected chi connectivity index (χ3v) is 4.76. The molecule has 1 aromatic rings. The molecule has 0 aromatic heterocycles. The number of rotatable bonds is 2. The van der Waals surface area contributed by atoms with Crippen LogP contribution in [0, 0.1) is 17.2 Å². The first kappa shape index (κ1) is 12.3. The van der Waals surface area contributed by atoms with Gasteiger partial charge in [0.2, 0.25) is 0 Å². The Morgan fingerprint density at radius 1 is 1.16 bits per heavy atom. The summed E-state index contributed by atoms with van der Waals surface area (Å²) in [4.78, 5) is 2.46. The average Bonchev–Trinajstić information content (AvgIpc) is 3.09. The van der Waals surface area contributed by atoms with Crippen molar-refractivity contribution < 1.29 is 0 Å². The third-order valence-electron chi connectivity index (χ3n) is 4.76. The second kappa shape index (κ2) is 5.13. The Kier molecular flexibility index (Phi) is 3.33. The van der Waals surface area contributed by atoms with Gasteiger partial charge in [-0.25, -0.2) is 0 Å². The summed E-state index contributed by atoms with van der Waals surface area (Å²) in [5, 5.41) is 9.11. The van der Waals surface area contributed by atoms with Crippen LogP contribution in [0.25, 0.3) is 0 Å². The van der Waals surface area contributed by atoms with E-state index in [2.05, 4.69) is 17.0 Å². The van der Waals surface area contributed by atoms with Crippen molar-refractivity contribution in [1.29, 1.82) is 5.26 Å². The Balaban J connectivity index is 1.90. The summed E-state index contributed by atoms with van der Waals surface area (Å²) in [5.74, 6) is 0.827. The van der Waals surface area contributed by atoms with Crippen LogP contribution in [0.1, 0.15) is 44.1 Å². The monoisotopic (exact) mass is 255 g/mol. The molecule has 1 aliphatic carbocycles. The number of anilines is 2. The molecular formula is C16H21N3. The Morgan fingerprint density at radius 3 is 2.68 bits per heavy atom. The molecule has 3 heteroatoms. The van der Waals surface area contributed by atoms with E-state index in [4.69, 9.17) is 11.0 Å². The predicted octanol–water partition coefficient (Wildman–Crippen LogP) is 3.30. The lowest BCUT2D eigenvalue weighted by molar-refractivity contribution is 0.431. The molecule has 100 valence electrons. The standard InChI is InChI=1S/C16H21N3/c17-11-13-7-3-8-15(16(13)18)19-10-4-9-14(19)12-5-1-2-6-12/h3,7-8,12,14H,1-2,4-6,9-10,18H2. The lowest BCUT2D eigenvalue weighted by Gasteiger charge is -2.32. The van der Waals surface area contributed by atoms with Crippen molar-refractivity contribution in [3.05, 3.63) is 23.8 Å². The quantitative estimate of drug-likeness (QED) is 0.825. The summed E-state index contributed by atoms with van der Waals surface area (Å²) >= 11 is 0. The molecule has 0 radical (unpaired) electrons. The molecule has 1 saturated carbocycles. The fourth-order valence-corrected chi connectivity index (χ4v) is 3.82. The van der Waals surface area contributed by atoms with Gasteiger partial charge in [-0.15, -0.1) is 0 Å². The Morgan fingerprint density at radius 2 is 1.95 bits per heavy atom. The first-order valence-corrected chi connectivity index (χ1v) is 7.36. The summed E-state index contributed by atoms with van der Waals surface area (Å²) in [6, 6.07) is 8.66. The van der Waals surface area contributed by atoms with Gasteiger partial charge in [0.05, 0.1) is 16.9 Å². The molecule has 1 aliphatic heterocycles. The van der Waals surface area contributed by atoms with Crippen LogP contribution < -0.4 is 10.6 Å². The molecule has 3 rings (SSSR count). The molecule has 1 atom stereocenters. The van der Waals surface area contributed by atoms with Gasteiger partial charge in [0, 0.05) is 12.6 Å². The molecule has 2 aliphatic rings. The summed E-state index contributed by atoms with van der Waals surface area (Å²) in [5.41, 5.74) is 8.52. The summed E-state index contributed by atoms with van der Waals surface area (Å²) in [6.45, 7) is 1.08. The second-order valence-corrected chi connectivity index (χ2v) is 5.80. The fourth-order valence-electron chi connectivity index (χ4n) is 3.82. The molecule has 0 bridgehead atoms. The molecule has 19 heavy (non-hydrogen) atoms. The molecule has 1 aromatic carbocycles. The minimum absolute atomic E-state index is 0.606. The predicted molar refractivity (Wildman–Crippen MR) is 77.9 cm³/mol. The van der Waals surface area contributed by atoms with Crippen LogP contribution in [0.5, 0.6) is 0 Å². The number of para-hydroxylation sites is 1. The van der Waals surface area contributed by atoms with Gasteiger partial charge in [-0.05, 0) is 43.7 Å². The normalized spacial score (nSPS) is 23.7. The van der Waals surface area contributed by atoms with Gasteiger partial charge >= 0.3 is 0 Å².